The zero-order valence-electron chi connectivity index (χ0n) is 17.0. The van der Waals surface area contributed by atoms with Crippen molar-refractivity contribution in [2.45, 2.75) is 26.3 Å². The molecule has 2 aromatic heterocycles. The van der Waals surface area contributed by atoms with Crippen LogP contribution in [0.3, 0.4) is 0 Å². The van der Waals surface area contributed by atoms with Gasteiger partial charge in [-0.2, -0.15) is 5.10 Å². The van der Waals surface area contributed by atoms with Crippen LogP contribution in [0.15, 0.2) is 48.8 Å². The molecule has 1 amide bonds. The van der Waals surface area contributed by atoms with Gasteiger partial charge in [0, 0.05) is 37.9 Å². The first-order chi connectivity index (χ1) is 14.0. The molecule has 7 nitrogen and oxygen atoms in total. The molecule has 152 valence electrons. The number of piperazine rings is 1. The smallest absolute Gasteiger partial charge is 0.239 e. The fourth-order valence-corrected chi connectivity index (χ4v) is 3.86. The van der Waals surface area contributed by atoms with Crippen LogP contribution < -0.4 is 10.6 Å². The molecule has 1 fully saturated rings. The second-order valence-electron chi connectivity index (χ2n) is 8.03. The van der Waals surface area contributed by atoms with Gasteiger partial charge in [-0.25, -0.2) is 9.50 Å². The molecular weight excluding hydrogens is 364 g/mol. The maximum absolute atomic E-state index is 12.6. The molecule has 0 spiro atoms. The van der Waals surface area contributed by atoms with Gasteiger partial charge in [-0.15, -0.1) is 0 Å². The third-order valence-electron chi connectivity index (χ3n) is 5.40. The molecule has 1 aliphatic rings. The molecule has 1 aromatic carbocycles. The second kappa shape index (κ2) is 8.21. The lowest BCUT2D eigenvalue weighted by molar-refractivity contribution is -0.133. The van der Waals surface area contributed by atoms with Gasteiger partial charge in [-0.3, -0.25) is 4.79 Å². The fraction of sp³-hybridized carbons (Fsp3) is 0.409. The average Bonchev–Trinajstić information content (AvgIpc) is 3.16. The van der Waals surface area contributed by atoms with Gasteiger partial charge < -0.3 is 15.5 Å². The van der Waals surface area contributed by atoms with E-state index in [9.17, 15) is 4.79 Å². The van der Waals surface area contributed by atoms with E-state index in [4.69, 9.17) is 10.7 Å². The van der Waals surface area contributed by atoms with Crippen LogP contribution in [0, 0.1) is 5.92 Å². The minimum Gasteiger partial charge on any atom is -0.353 e. The lowest BCUT2D eigenvalue weighted by Gasteiger charge is -2.36. The summed E-state index contributed by atoms with van der Waals surface area (Å²) >= 11 is 0. The number of benzene rings is 1. The molecule has 2 N–H and O–H groups in total. The number of anilines is 1. The number of amides is 1. The summed E-state index contributed by atoms with van der Waals surface area (Å²) in [5.41, 5.74) is 9.04. The van der Waals surface area contributed by atoms with Gasteiger partial charge in [-0.05, 0) is 24.0 Å². The number of rotatable bonds is 5. The Morgan fingerprint density at radius 3 is 2.52 bits per heavy atom. The molecule has 3 aromatic rings. The summed E-state index contributed by atoms with van der Waals surface area (Å²) in [6.45, 7) is 7.01. The molecule has 7 heteroatoms. The van der Waals surface area contributed by atoms with Gasteiger partial charge in [-0.1, -0.05) is 44.2 Å². The minimum absolute atomic E-state index is 0.0592. The highest BCUT2D eigenvalue weighted by Gasteiger charge is 2.26. The molecule has 0 radical (unpaired) electrons. The number of nitrogens with zero attached hydrogens (tertiary/aromatic N) is 5. The molecular formula is C22H28N6O. The van der Waals surface area contributed by atoms with E-state index < -0.39 is 6.04 Å². The zero-order chi connectivity index (χ0) is 20.4. The number of aromatic nitrogens is 3. The Morgan fingerprint density at radius 2 is 1.83 bits per heavy atom. The topological polar surface area (TPSA) is 79.8 Å². The largest absolute Gasteiger partial charge is 0.353 e. The van der Waals surface area contributed by atoms with Gasteiger partial charge in [0.05, 0.1) is 12.2 Å². The highest BCUT2D eigenvalue weighted by Crippen LogP contribution is 2.25. The van der Waals surface area contributed by atoms with Crippen molar-refractivity contribution in [3.63, 3.8) is 0 Å². The van der Waals surface area contributed by atoms with Crippen LogP contribution >= 0.6 is 0 Å². The molecule has 3 heterocycles. The summed E-state index contributed by atoms with van der Waals surface area (Å²) in [5, 5.41) is 4.43. The molecule has 0 saturated carbocycles. The molecule has 1 aliphatic heterocycles. The summed E-state index contributed by atoms with van der Waals surface area (Å²) in [6, 6.07) is 11.7. The van der Waals surface area contributed by atoms with Gasteiger partial charge in [0.15, 0.2) is 5.65 Å². The predicted octanol–water partition coefficient (Wildman–Crippen LogP) is 2.42. The van der Waals surface area contributed by atoms with Crippen molar-refractivity contribution in [2.75, 3.05) is 31.1 Å². The Kier molecular flexibility index (Phi) is 5.49. The van der Waals surface area contributed by atoms with Gasteiger partial charge in [0.1, 0.15) is 5.82 Å². The van der Waals surface area contributed by atoms with Gasteiger partial charge in [0.2, 0.25) is 5.91 Å². The van der Waals surface area contributed by atoms with Crippen molar-refractivity contribution < 1.29 is 4.79 Å². The standard InChI is InChI=1S/C22H28N6O/c1-16(2)14-19(23)22(29)27-12-10-26(11-13-27)20-8-9-28-21(25-20)18(15-24-28)17-6-4-3-5-7-17/h3-9,15-16,19H,10-14,23H2,1-2H3. The Balaban J connectivity index is 1.48. The van der Waals surface area contributed by atoms with E-state index in [1.165, 1.54) is 0 Å². The lowest BCUT2D eigenvalue weighted by Crippen LogP contribution is -2.53. The maximum atomic E-state index is 12.6. The van der Waals surface area contributed by atoms with E-state index in [2.05, 4.69) is 36.0 Å². The highest BCUT2D eigenvalue weighted by atomic mass is 16.2. The fourth-order valence-electron chi connectivity index (χ4n) is 3.86. The first-order valence-corrected chi connectivity index (χ1v) is 10.2. The SMILES string of the molecule is CC(C)CC(N)C(=O)N1CCN(c2ccn3ncc(-c4ccccc4)c3n2)CC1. The Morgan fingerprint density at radius 1 is 1.10 bits per heavy atom. The molecule has 1 atom stereocenters. The van der Waals surface area contributed by atoms with E-state index in [1.54, 1.807) is 4.52 Å². The number of fused-ring (bicyclic) bond motifs is 1. The Hall–Kier alpha value is -2.93. The molecule has 29 heavy (non-hydrogen) atoms. The van der Waals surface area contributed by atoms with Crippen LogP contribution in [-0.2, 0) is 4.79 Å². The van der Waals surface area contributed by atoms with Crippen molar-refractivity contribution in [3.8, 4) is 11.1 Å². The van der Waals surface area contributed by atoms with Crippen molar-refractivity contribution in [1.82, 2.24) is 19.5 Å². The summed E-state index contributed by atoms with van der Waals surface area (Å²) in [5.74, 6) is 1.39. The number of nitrogens with two attached hydrogens (primary N) is 1. The van der Waals surface area contributed by atoms with E-state index >= 15 is 0 Å². The van der Waals surface area contributed by atoms with Crippen LogP contribution in [0.5, 0.6) is 0 Å². The van der Waals surface area contributed by atoms with Crippen LogP contribution in [0.25, 0.3) is 16.8 Å². The van der Waals surface area contributed by atoms with Gasteiger partial charge in [0.25, 0.3) is 0 Å². The zero-order valence-corrected chi connectivity index (χ0v) is 17.0. The van der Waals surface area contributed by atoms with E-state index in [0.717, 1.165) is 42.1 Å². The highest BCUT2D eigenvalue weighted by molar-refractivity contribution is 5.82. The van der Waals surface area contributed by atoms with Crippen molar-refractivity contribution in [3.05, 3.63) is 48.8 Å². The normalized spacial score (nSPS) is 15.9. The maximum Gasteiger partial charge on any atom is 0.239 e. The van der Waals surface area contributed by atoms with Crippen LogP contribution in [-0.4, -0.2) is 57.6 Å². The van der Waals surface area contributed by atoms with E-state index in [-0.39, 0.29) is 5.91 Å². The summed E-state index contributed by atoms with van der Waals surface area (Å²) in [7, 11) is 0. The molecule has 1 unspecified atom stereocenters. The van der Waals surface area contributed by atoms with Crippen LogP contribution in [0.4, 0.5) is 5.82 Å². The van der Waals surface area contributed by atoms with Crippen molar-refractivity contribution in [1.29, 1.82) is 0 Å². The molecule has 0 aliphatic carbocycles. The summed E-state index contributed by atoms with van der Waals surface area (Å²) in [4.78, 5) is 21.6. The Labute approximate surface area is 171 Å². The van der Waals surface area contributed by atoms with Crippen LogP contribution in [0.1, 0.15) is 20.3 Å². The molecule has 1 saturated heterocycles. The van der Waals surface area contributed by atoms with E-state index in [0.29, 0.717) is 19.0 Å². The third kappa shape index (κ3) is 4.10. The Bertz CT molecular complexity index is 975. The number of carbonyl (C=O) groups is 1. The monoisotopic (exact) mass is 392 g/mol. The summed E-state index contributed by atoms with van der Waals surface area (Å²) < 4.78 is 1.80. The quantitative estimate of drug-likeness (QED) is 0.721. The number of hydrogen-bond acceptors (Lipinski definition) is 5. The molecule has 4 rings (SSSR count). The van der Waals surface area contributed by atoms with Gasteiger partial charge >= 0.3 is 0 Å². The lowest BCUT2D eigenvalue weighted by atomic mass is 10.0. The first kappa shape index (κ1) is 19.4. The second-order valence-corrected chi connectivity index (χ2v) is 8.03. The molecule has 0 bridgehead atoms. The first-order valence-electron chi connectivity index (χ1n) is 10.2. The third-order valence-corrected chi connectivity index (χ3v) is 5.40. The predicted molar refractivity (Wildman–Crippen MR) is 115 cm³/mol. The van der Waals surface area contributed by atoms with E-state index in [1.807, 2.05) is 41.6 Å². The van der Waals surface area contributed by atoms with Crippen molar-refractivity contribution >= 4 is 17.4 Å². The van der Waals surface area contributed by atoms with Crippen LogP contribution in [0.2, 0.25) is 0 Å². The minimum atomic E-state index is -0.406. The number of carbonyl (C=O) groups excluding carboxylic acids is 1. The number of hydrogen-bond donors (Lipinski definition) is 1. The van der Waals surface area contributed by atoms with Crippen molar-refractivity contribution in [2.24, 2.45) is 11.7 Å². The summed E-state index contributed by atoms with van der Waals surface area (Å²) in [6.07, 6.45) is 4.52. The average molecular weight is 393 g/mol.